The quantitative estimate of drug-likeness (QED) is 0.884. The van der Waals surface area contributed by atoms with Gasteiger partial charge in [0.2, 0.25) is 0 Å². The van der Waals surface area contributed by atoms with Gasteiger partial charge in [0.05, 0.1) is 18.3 Å². The highest BCUT2D eigenvalue weighted by molar-refractivity contribution is 5.92. The molecule has 0 aromatic carbocycles. The predicted molar refractivity (Wildman–Crippen MR) is 62.0 cm³/mol. The maximum absolute atomic E-state index is 12.3. The molecule has 1 amide bonds. The number of nitrogens with zero attached hydrogens (tertiary/aromatic N) is 4. The molecule has 0 unspecified atom stereocenters. The summed E-state index contributed by atoms with van der Waals surface area (Å²) in [6.45, 7) is -0.430. The Hall–Kier alpha value is -1.64. The summed E-state index contributed by atoms with van der Waals surface area (Å²) < 4.78 is 38.5. The molecule has 6 nitrogen and oxygen atoms in total. The minimum atomic E-state index is -4.20. The highest BCUT2D eigenvalue weighted by Crippen LogP contribution is 2.39. The third-order valence-electron chi connectivity index (χ3n) is 3.60. The standard InChI is InChI=1S/C11H14F3N5O/c12-11(13,14)5-18-3-6(4-18)9-8(10(15)20)16-17-19(9)7-1-2-7/h6-7H,1-5H2,(H2,15,20). The number of halogens is 3. The lowest BCUT2D eigenvalue weighted by Gasteiger charge is -2.39. The predicted octanol–water partition coefficient (Wildman–Crippen LogP) is 0.673. The van der Waals surface area contributed by atoms with Crippen LogP contribution in [0.15, 0.2) is 0 Å². The molecule has 1 aromatic rings. The van der Waals surface area contributed by atoms with Crippen molar-refractivity contribution in [1.29, 1.82) is 0 Å². The number of rotatable bonds is 4. The molecule has 3 rings (SSSR count). The number of nitrogens with two attached hydrogens (primary N) is 1. The zero-order chi connectivity index (χ0) is 14.5. The smallest absolute Gasteiger partial charge is 0.364 e. The summed E-state index contributed by atoms with van der Waals surface area (Å²) in [5.41, 5.74) is 5.94. The van der Waals surface area contributed by atoms with Gasteiger partial charge in [-0.3, -0.25) is 9.69 Å². The van der Waals surface area contributed by atoms with Crippen molar-refractivity contribution in [1.82, 2.24) is 19.9 Å². The van der Waals surface area contributed by atoms with E-state index >= 15 is 0 Å². The fourth-order valence-electron chi connectivity index (χ4n) is 2.57. The van der Waals surface area contributed by atoms with Crippen molar-refractivity contribution < 1.29 is 18.0 Å². The highest BCUT2D eigenvalue weighted by atomic mass is 19.4. The molecule has 9 heteroatoms. The van der Waals surface area contributed by atoms with E-state index in [0.29, 0.717) is 5.69 Å². The minimum Gasteiger partial charge on any atom is -0.364 e. The molecular formula is C11H14F3N5O. The third-order valence-corrected chi connectivity index (χ3v) is 3.60. The van der Waals surface area contributed by atoms with Crippen LogP contribution in [-0.4, -0.2) is 51.6 Å². The number of alkyl halides is 3. The molecule has 0 atom stereocenters. The van der Waals surface area contributed by atoms with Gasteiger partial charge in [0.15, 0.2) is 5.69 Å². The largest absolute Gasteiger partial charge is 0.401 e. The Labute approximate surface area is 112 Å². The minimum absolute atomic E-state index is 0.0913. The van der Waals surface area contributed by atoms with Gasteiger partial charge in [0, 0.05) is 19.0 Å². The number of amides is 1. The van der Waals surface area contributed by atoms with Gasteiger partial charge in [-0.25, -0.2) is 4.68 Å². The third kappa shape index (κ3) is 2.49. The Morgan fingerprint density at radius 3 is 2.50 bits per heavy atom. The lowest BCUT2D eigenvalue weighted by molar-refractivity contribution is -0.155. The monoisotopic (exact) mass is 289 g/mol. The number of hydrogen-bond acceptors (Lipinski definition) is 4. The first-order chi connectivity index (χ1) is 9.35. The van der Waals surface area contributed by atoms with Crippen LogP contribution in [0.4, 0.5) is 13.2 Å². The van der Waals surface area contributed by atoms with Crippen LogP contribution in [-0.2, 0) is 0 Å². The average Bonchev–Trinajstić information content (AvgIpc) is 3.01. The number of hydrogen-bond donors (Lipinski definition) is 1. The van der Waals surface area contributed by atoms with Crippen LogP contribution in [0, 0.1) is 0 Å². The molecule has 0 radical (unpaired) electrons. The number of carbonyl (C=O) groups is 1. The molecule has 1 aromatic heterocycles. The van der Waals surface area contributed by atoms with Crippen LogP contribution < -0.4 is 5.73 Å². The van der Waals surface area contributed by atoms with E-state index in [1.807, 2.05) is 0 Å². The fourth-order valence-corrected chi connectivity index (χ4v) is 2.57. The van der Waals surface area contributed by atoms with Crippen molar-refractivity contribution in [3.05, 3.63) is 11.4 Å². The van der Waals surface area contributed by atoms with Crippen molar-refractivity contribution in [2.45, 2.75) is 31.0 Å². The number of carbonyl (C=O) groups excluding carboxylic acids is 1. The number of aromatic nitrogens is 3. The zero-order valence-electron chi connectivity index (χ0n) is 10.6. The molecule has 2 fully saturated rings. The molecule has 1 saturated carbocycles. The van der Waals surface area contributed by atoms with E-state index < -0.39 is 18.6 Å². The maximum atomic E-state index is 12.3. The van der Waals surface area contributed by atoms with Gasteiger partial charge in [0.25, 0.3) is 5.91 Å². The first kappa shape index (κ1) is 13.3. The molecule has 0 bridgehead atoms. The first-order valence-electron chi connectivity index (χ1n) is 6.39. The summed E-state index contributed by atoms with van der Waals surface area (Å²) in [6.07, 6.45) is -2.30. The summed E-state index contributed by atoms with van der Waals surface area (Å²) in [5.74, 6) is -0.836. The molecule has 1 aliphatic heterocycles. The van der Waals surface area contributed by atoms with Crippen molar-refractivity contribution in [2.24, 2.45) is 5.73 Å². The number of primary amides is 1. The van der Waals surface area contributed by atoms with Crippen LogP contribution in [0.3, 0.4) is 0 Å². The molecule has 1 aliphatic carbocycles. The fraction of sp³-hybridized carbons (Fsp3) is 0.727. The van der Waals surface area contributed by atoms with E-state index in [1.54, 1.807) is 4.68 Å². The Morgan fingerprint density at radius 2 is 2.00 bits per heavy atom. The van der Waals surface area contributed by atoms with E-state index in [4.69, 9.17) is 5.73 Å². The second kappa shape index (κ2) is 4.44. The Morgan fingerprint density at radius 1 is 1.35 bits per heavy atom. The molecule has 2 heterocycles. The van der Waals surface area contributed by atoms with E-state index in [2.05, 4.69) is 10.3 Å². The van der Waals surface area contributed by atoms with Crippen LogP contribution in [0.1, 0.15) is 41.0 Å². The van der Waals surface area contributed by atoms with Gasteiger partial charge in [-0.1, -0.05) is 5.21 Å². The summed E-state index contributed by atoms with van der Waals surface area (Å²) in [4.78, 5) is 12.6. The summed E-state index contributed by atoms with van der Waals surface area (Å²) in [5, 5.41) is 7.70. The van der Waals surface area contributed by atoms with Gasteiger partial charge < -0.3 is 5.73 Å². The second-order valence-corrected chi connectivity index (χ2v) is 5.37. The second-order valence-electron chi connectivity index (χ2n) is 5.37. The number of likely N-dealkylation sites (tertiary alicyclic amines) is 1. The van der Waals surface area contributed by atoms with Crippen LogP contribution in [0.25, 0.3) is 0 Å². The van der Waals surface area contributed by atoms with Crippen molar-refractivity contribution in [3.8, 4) is 0 Å². The molecule has 110 valence electrons. The Balaban J connectivity index is 1.75. The van der Waals surface area contributed by atoms with Crippen molar-refractivity contribution >= 4 is 5.91 Å². The summed E-state index contributed by atoms with van der Waals surface area (Å²) >= 11 is 0. The van der Waals surface area contributed by atoms with Gasteiger partial charge in [-0.2, -0.15) is 13.2 Å². The molecule has 1 saturated heterocycles. The topological polar surface area (TPSA) is 77.0 Å². The van der Waals surface area contributed by atoms with Crippen LogP contribution in [0.2, 0.25) is 0 Å². The molecule has 0 spiro atoms. The van der Waals surface area contributed by atoms with Gasteiger partial charge in [-0.15, -0.1) is 5.10 Å². The van der Waals surface area contributed by atoms with E-state index in [1.165, 1.54) is 4.90 Å². The SMILES string of the molecule is NC(=O)c1nnn(C2CC2)c1C1CN(CC(F)(F)F)C1. The summed E-state index contributed by atoms with van der Waals surface area (Å²) in [6, 6.07) is 0.210. The lowest BCUT2D eigenvalue weighted by atomic mass is 9.94. The first-order valence-corrected chi connectivity index (χ1v) is 6.39. The molecule has 2 N–H and O–H groups in total. The molecular weight excluding hydrogens is 275 g/mol. The average molecular weight is 289 g/mol. The van der Waals surface area contributed by atoms with Gasteiger partial charge in [-0.05, 0) is 12.8 Å². The van der Waals surface area contributed by atoms with E-state index in [0.717, 1.165) is 12.8 Å². The Kier molecular flexibility index (Phi) is 2.96. The van der Waals surface area contributed by atoms with Crippen molar-refractivity contribution in [3.63, 3.8) is 0 Å². The molecule has 20 heavy (non-hydrogen) atoms. The molecule has 2 aliphatic rings. The Bertz CT molecular complexity index is 531. The normalized spacial score (nSPS) is 20.9. The van der Waals surface area contributed by atoms with Crippen LogP contribution >= 0.6 is 0 Å². The highest BCUT2D eigenvalue weighted by Gasteiger charge is 2.42. The summed E-state index contributed by atoms with van der Waals surface area (Å²) in [7, 11) is 0. The van der Waals surface area contributed by atoms with Gasteiger partial charge in [0.1, 0.15) is 0 Å². The van der Waals surface area contributed by atoms with Gasteiger partial charge >= 0.3 is 6.18 Å². The lowest BCUT2D eigenvalue weighted by Crippen LogP contribution is -2.50. The van der Waals surface area contributed by atoms with E-state index in [-0.39, 0.29) is 30.7 Å². The van der Waals surface area contributed by atoms with Crippen molar-refractivity contribution in [2.75, 3.05) is 19.6 Å². The van der Waals surface area contributed by atoms with E-state index in [9.17, 15) is 18.0 Å². The van der Waals surface area contributed by atoms with Crippen LogP contribution in [0.5, 0.6) is 0 Å². The maximum Gasteiger partial charge on any atom is 0.401 e. The zero-order valence-corrected chi connectivity index (χ0v) is 10.6.